The van der Waals surface area contributed by atoms with Crippen LogP contribution in [0.3, 0.4) is 0 Å². The van der Waals surface area contributed by atoms with Crippen molar-refractivity contribution in [1.29, 1.82) is 0 Å². The summed E-state index contributed by atoms with van der Waals surface area (Å²) in [6.07, 6.45) is 0. The van der Waals surface area contributed by atoms with Crippen LogP contribution in [0.1, 0.15) is 27.4 Å². The van der Waals surface area contributed by atoms with Crippen molar-refractivity contribution in [2.45, 2.75) is 20.4 Å². The molecule has 0 aliphatic carbocycles. The van der Waals surface area contributed by atoms with E-state index in [1.807, 2.05) is 44.2 Å². The van der Waals surface area contributed by atoms with Crippen LogP contribution in [0.4, 0.5) is 5.95 Å². The number of nitrogens with two attached hydrogens (primary N) is 1. The van der Waals surface area contributed by atoms with Gasteiger partial charge in [0, 0.05) is 6.54 Å². The van der Waals surface area contributed by atoms with E-state index in [-0.39, 0.29) is 17.5 Å². The highest BCUT2D eigenvalue weighted by Gasteiger charge is 2.14. The molecule has 3 rings (SSSR count). The van der Waals surface area contributed by atoms with Gasteiger partial charge in [-0.15, -0.1) is 0 Å². The first kappa shape index (κ1) is 15.7. The lowest BCUT2D eigenvalue weighted by Crippen LogP contribution is -2.24. The Balaban J connectivity index is 1.80. The quantitative estimate of drug-likeness (QED) is 0.770. The molecular weight excluding hydrogens is 304 g/mol. The number of benzene rings is 1. The number of aromatic nitrogens is 2. The van der Waals surface area contributed by atoms with E-state index in [1.165, 1.54) is 0 Å². The fourth-order valence-electron chi connectivity index (χ4n) is 2.36. The van der Waals surface area contributed by atoms with Gasteiger partial charge >= 0.3 is 0 Å². The lowest BCUT2D eigenvalue weighted by Gasteiger charge is -2.08. The molecule has 122 valence electrons. The summed E-state index contributed by atoms with van der Waals surface area (Å²) >= 11 is 0. The zero-order valence-electron chi connectivity index (χ0n) is 13.5. The van der Waals surface area contributed by atoms with Crippen LogP contribution in [0.2, 0.25) is 0 Å². The zero-order chi connectivity index (χ0) is 17.1. The van der Waals surface area contributed by atoms with E-state index in [4.69, 9.17) is 10.2 Å². The molecule has 0 bridgehead atoms. The molecule has 0 unspecified atom stereocenters. The molecule has 6 heteroatoms. The number of carbonyl (C=O) groups is 1. The van der Waals surface area contributed by atoms with E-state index in [2.05, 4.69) is 15.3 Å². The molecule has 2 aromatic heterocycles. The van der Waals surface area contributed by atoms with Gasteiger partial charge in [0.05, 0.1) is 0 Å². The van der Waals surface area contributed by atoms with Crippen molar-refractivity contribution < 1.29 is 9.21 Å². The first-order chi connectivity index (χ1) is 11.5. The summed E-state index contributed by atoms with van der Waals surface area (Å²) in [6, 6.07) is 13.1. The molecule has 3 aromatic rings. The second-order valence-corrected chi connectivity index (χ2v) is 5.52. The molecule has 6 nitrogen and oxygen atoms in total. The number of amides is 1. The number of carbonyl (C=O) groups excluding carboxylic acids is 1. The third-order valence-corrected chi connectivity index (χ3v) is 3.67. The molecule has 2 heterocycles. The molecule has 3 N–H and O–H groups in total. The summed E-state index contributed by atoms with van der Waals surface area (Å²) in [5.74, 6) is 1.03. The van der Waals surface area contributed by atoms with Crippen molar-refractivity contribution in [1.82, 2.24) is 15.3 Å². The van der Waals surface area contributed by atoms with Crippen LogP contribution in [0, 0.1) is 13.8 Å². The summed E-state index contributed by atoms with van der Waals surface area (Å²) in [6.45, 7) is 4.26. The van der Waals surface area contributed by atoms with Gasteiger partial charge in [0.25, 0.3) is 5.91 Å². The van der Waals surface area contributed by atoms with Crippen LogP contribution in [0.25, 0.3) is 11.5 Å². The standard InChI is InChI=1S/C18H18N4O2/c1-11-5-3-4-6-13(11)10-20-17(23)15-9-14(21-18(19)22-15)16-8-7-12(2)24-16/h3-9H,10H2,1-2H3,(H,20,23)(H2,19,21,22). The van der Waals surface area contributed by atoms with E-state index in [0.29, 0.717) is 18.0 Å². The number of nitrogens with one attached hydrogen (secondary N) is 1. The van der Waals surface area contributed by atoms with Crippen molar-refractivity contribution in [3.8, 4) is 11.5 Å². The maximum Gasteiger partial charge on any atom is 0.270 e. The monoisotopic (exact) mass is 322 g/mol. The van der Waals surface area contributed by atoms with Gasteiger partial charge in [0.2, 0.25) is 5.95 Å². The molecular formula is C18H18N4O2. The maximum atomic E-state index is 12.4. The summed E-state index contributed by atoms with van der Waals surface area (Å²) in [5, 5.41) is 2.85. The number of hydrogen-bond donors (Lipinski definition) is 2. The molecule has 24 heavy (non-hydrogen) atoms. The molecule has 0 spiro atoms. The molecule has 0 saturated carbocycles. The van der Waals surface area contributed by atoms with Crippen molar-refractivity contribution >= 4 is 11.9 Å². The van der Waals surface area contributed by atoms with Crippen molar-refractivity contribution in [3.63, 3.8) is 0 Å². The molecule has 1 aromatic carbocycles. The Morgan fingerprint density at radius 1 is 1.17 bits per heavy atom. The number of anilines is 1. The minimum Gasteiger partial charge on any atom is -0.460 e. The van der Waals surface area contributed by atoms with Crippen molar-refractivity contribution in [3.05, 3.63) is 65.0 Å². The second kappa shape index (κ2) is 6.54. The Bertz CT molecular complexity index is 886. The SMILES string of the molecule is Cc1ccc(-c2cc(C(=O)NCc3ccccc3C)nc(N)n2)o1. The van der Waals surface area contributed by atoms with Gasteiger partial charge in [0.1, 0.15) is 17.1 Å². The fourth-order valence-corrected chi connectivity index (χ4v) is 2.36. The van der Waals surface area contributed by atoms with Crippen LogP contribution in [-0.4, -0.2) is 15.9 Å². The van der Waals surface area contributed by atoms with Gasteiger partial charge in [-0.25, -0.2) is 9.97 Å². The lowest BCUT2D eigenvalue weighted by molar-refractivity contribution is 0.0946. The largest absolute Gasteiger partial charge is 0.460 e. The fraction of sp³-hybridized carbons (Fsp3) is 0.167. The first-order valence-electron chi connectivity index (χ1n) is 7.57. The van der Waals surface area contributed by atoms with Crippen molar-refractivity contribution in [2.24, 2.45) is 0 Å². The summed E-state index contributed by atoms with van der Waals surface area (Å²) < 4.78 is 5.53. The third-order valence-electron chi connectivity index (χ3n) is 3.67. The number of nitrogen functional groups attached to an aromatic ring is 1. The van der Waals surface area contributed by atoms with E-state index in [9.17, 15) is 4.79 Å². The van der Waals surface area contributed by atoms with E-state index in [0.717, 1.165) is 16.9 Å². The minimum absolute atomic E-state index is 0.0302. The molecule has 0 fully saturated rings. The topological polar surface area (TPSA) is 94.0 Å². The second-order valence-electron chi connectivity index (χ2n) is 5.52. The van der Waals surface area contributed by atoms with Gasteiger partial charge in [0.15, 0.2) is 5.76 Å². The van der Waals surface area contributed by atoms with Crippen LogP contribution >= 0.6 is 0 Å². The Labute approximate surface area is 139 Å². The zero-order valence-corrected chi connectivity index (χ0v) is 13.5. The van der Waals surface area contributed by atoms with Gasteiger partial charge in [-0.1, -0.05) is 24.3 Å². The highest BCUT2D eigenvalue weighted by Crippen LogP contribution is 2.21. The molecule has 0 radical (unpaired) electrons. The number of nitrogens with zero attached hydrogens (tertiary/aromatic N) is 2. The first-order valence-corrected chi connectivity index (χ1v) is 7.57. The van der Waals surface area contributed by atoms with Gasteiger partial charge < -0.3 is 15.5 Å². The summed E-state index contributed by atoms with van der Waals surface area (Å²) in [4.78, 5) is 20.5. The molecule has 0 atom stereocenters. The molecule has 0 aliphatic heterocycles. The smallest absolute Gasteiger partial charge is 0.270 e. The number of rotatable bonds is 4. The van der Waals surface area contributed by atoms with E-state index >= 15 is 0 Å². The molecule has 1 amide bonds. The van der Waals surface area contributed by atoms with Crippen LogP contribution in [-0.2, 0) is 6.54 Å². The summed E-state index contributed by atoms with van der Waals surface area (Å²) in [7, 11) is 0. The molecule has 0 saturated heterocycles. The van der Waals surface area contributed by atoms with Gasteiger partial charge in [-0.2, -0.15) is 0 Å². The Morgan fingerprint density at radius 2 is 1.96 bits per heavy atom. The predicted octanol–water partition coefficient (Wildman–Crippen LogP) is 2.87. The Hall–Kier alpha value is -3.15. The predicted molar refractivity (Wildman–Crippen MR) is 91.2 cm³/mol. The lowest BCUT2D eigenvalue weighted by atomic mass is 10.1. The van der Waals surface area contributed by atoms with E-state index < -0.39 is 0 Å². The highest BCUT2D eigenvalue weighted by atomic mass is 16.3. The Morgan fingerprint density at radius 3 is 2.67 bits per heavy atom. The highest BCUT2D eigenvalue weighted by molar-refractivity contribution is 5.93. The Kier molecular flexibility index (Phi) is 4.29. The third kappa shape index (κ3) is 3.43. The van der Waals surface area contributed by atoms with Crippen LogP contribution in [0.15, 0.2) is 46.9 Å². The van der Waals surface area contributed by atoms with Gasteiger partial charge in [-0.3, -0.25) is 4.79 Å². The maximum absolute atomic E-state index is 12.4. The number of hydrogen-bond acceptors (Lipinski definition) is 5. The van der Waals surface area contributed by atoms with Crippen molar-refractivity contribution in [2.75, 3.05) is 5.73 Å². The number of furan rings is 1. The molecule has 0 aliphatic rings. The van der Waals surface area contributed by atoms with Crippen LogP contribution in [0.5, 0.6) is 0 Å². The van der Waals surface area contributed by atoms with Gasteiger partial charge in [-0.05, 0) is 43.2 Å². The van der Waals surface area contributed by atoms with Crippen LogP contribution < -0.4 is 11.1 Å². The average molecular weight is 322 g/mol. The summed E-state index contributed by atoms with van der Waals surface area (Å²) in [5.41, 5.74) is 8.59. The normalized spacial score (nSPS) is 10.6. The minimum atomic E-state index is -0.308. The number of aryl methyl sites for hydroxylation is 2. The average Bonchev–Trinajstić information content (AvgIpc) is 3.00. The van der Waals surface area contributed by atoms with E-state index in [1.54, 1.807) is 12.1 Å².